The molecule has 0 saturated heterocycles. The van der Waals surface area contributed by atoms with Crippen LogP contribution < -0.4 is 4.74 Å². The van der Waals surface area contributed by atoms with Crippen molar-refractivity contribution in [1.29, 1.82) is 0 Å². The van der Waals surface area contributed by atoms with Crippen molar-refractivity contribution in [2.24, 2.45) is 7.05 Å². The zero-order valence-electron chi connectivity index (χ0n) is 13.9. The fraction of sp³-hybridized carbons (Fsp3) is 0.571. The molecule has 9 heteroatoms. The Morgan fingerprint density at radius 1 is 1.39 bits per heavy atom. The van der Waals surface area contributed by atoms with Gasteiger partial charge in [0, 0.05) is 19.8 Å². The zero-order chi connectivity index (χ0) is 17.0. The van der Waals surface area contributed by atoms with Gasteiger partial charge in [-0.2, -0.15) is 0 Å². The topological polar surface area (TPSA) is 84.1 Å². The lowest BCUT2D eigenvalue weighted by Gasteiger charge is -2.08. The van der Waals surface area contributed by atoms with Crippen LogP contribution in [0.2, 0.25) is 0 Å². The molecule has 0 fully saturated rings. The maximum absolute atomic E-state index is 11.6. The number of hydrogen-bond donors (Lipinski definition) is 0. The van der Waals surface area contributed by atoms with Crippen molar-refractivity contribution >= 4 is 17.7 Å². The van der Waals surface area contributed by atoms with E-state index in [0.29, 0.717) is 23.5 Å². The van der Waals surface area contributed by atoms with E-state index in [1.54, 1.807) is 11.6 Å². The summed E-state index contributed by atoms with van der Waals surface area (Å²) in [6.07, 6.45) is 1.88. The number of hydrogen-bond acceptors (Lipinski definition) is 7. The summed E-state index contributed by atoms with van der Waals surface area (Å²) < 4.78 is 13.9. The number of carbonyl (C=O) groups is 1. The van der Waals surface area contributed by atoms with Crippen molar-refractivity contribution in [1.82, 2.24) is 24.5 Å². The monoisotopic (exact) mass is 339 g/mol. The van der Waals surface area contributed by atoms with Gasteiger partial charge in [0.15, 0.2) is 11.0 Å². The first-order valence-corrected chi connectivity index (χ1v) is 8.24. The third kappa shape index (κ3) is 3.66. The van der Waals surface area contributed by atoms with E-state index in [2.05, 4.69) is 15.3 Å². The fourth-order valence-electron chi connectivity index (χ4n) is 1.99. The third-order valence-electron chi connectivity index (χ3n) is 3.22. The van der Waals surface area contributed by atoms with Gasteiger partial charge in [-0.05, 0) is 20.8 Å². The summed E-state index contributed by atoms with van der Waals surface area (Å²) in [7, 11) is 3.22. The molecule has 0 saturated carbocycles. The predicted molar refractivity (Wildman–Crippen MR) is 86.4 cm³/mol. The lowest BCUT2D eigenvalue weighted by Crippen LogP contribution is -2.15. The van der Waals surface area contributed by atoms with Crippen molar-refractivity contribution < 1.29 is 14.3 Å². The van der Waals surface area contributed by atoms with Crippen LogP contribution in [0.25, 0.3) is 11.4 Å². The standard InChI is InChI=1S/C14H21N5O3S/c1-6-19-8-10(12(17-19)22-7-2)11-15-16-14(18(11)4)23-9(3)13(20)21-5/h8-9H,6-7H2,1-5H3. The molecule has 0 aliphatic carbocycles. The van der Waals surface area contributed by atoms with E-state index in [9.17, 15) is 4.79 Å². The quantitative estimate of drug-likeness (QED) is 0.561. The first-order chi connectivity index (χ1) is 11.0. The number of methoxy groups -OCH3 is 1. The number of nitrogens with zero attached hydrogens (tertiary/aromatic N) is 5. The summed E-state index contributed by atoms with van der Waals surface area (Å²) >= 11 is 1.30. The largest absolute Gasteiger partial charge is 0.476 e. The molecule has 23 heavy (non-hydrogen) atoms. The van der Waals surface area contributed by atoms with Gasteiger partial charge in [0.25, 0.3) is 0 Å². The van der Waals surface area contributed by atoms with Crippen LogP contribution in [0, 0.1) is 0 Å². The van der Waals surface area contributed by atoms with E-state index < -0.39 is 0 Å². The van der Waals surface area contributed by atoms with Gasteiger partial charge < -0.3 is 14.0 Å². The Morgan fingerprint density at radius 3 is 2.74 bits per heavy atom. The number of thioether (sulfide) groups is 1. The molecule has 0 radical (unpaired) electrons. The Labute approximate surface area is 139 Å². The fourth-order valence-corrected chi connectivity index (χ4v) is 2.83. The lowest BCUT2D eigenvalue weighted by atomic mass is 10.3. The van der Waals surface area contributed by atoms with Crippen LogP contribution in [-0.4, -0.2) is 49.5 Å². The van der Waals surface area contributed by atoms with Gasteiger partial charge in [-0.15, -0.1) is 15.3 Å². The highest BCUT2D eigenvalue weighted by atomic mass is 32.2. The molecule has 0 bridgehead atoms. The van der Waals surface area contributed by atoms with Crippen molar-refractivity contribution in [3.8, 4) is 17.3 Å². The molecule has 0 amide bonds. The summed E-state index contributed by atoms with van der Waals surface area (Å²) in [6.45, 7) is 6.93. The minimum atomic E-state index is -0.361. The molecular formula is C14H21N5O3S. The Hall–Kier alpha value is -2.03. The number of rotatable bonds is 7. The first-order valence-electron chi connectivity index (χ1n) is 7.36. The van der Waals surface area contributed by atoms with Gasteiger partial charge in [0.05, 0.1) is 13.7 Å². The maximum Gasteiger partial charge on any atom is 0.318 e. The zero-order valence-corrected chi connectivity index (χ0v) is 14.8. The minimum absolute atomic E-state index is 0.298. The smallest absolute Gasteiger partial charge is 0.318 e. The van der Waals surface area contributed by atoms with Gasteiger partial charge in [-0.3, -0.25) is 9.48 Å². The highest BCUT2D eigenvalue weighted by Crippen LogP contribution is 2.30. The molecule has 126 valence electrons. The summed E-state index contributed by atoms with van der Waals surface area (Å²) in [6, 6.07) is 0. The first kappa shape index (κ1) is 17.3. The van der Waals surface area contributed by atoms with E-state index >= 15 is 0 Å². The molecule has 2 rings (SSSR count). The van der Waals surface area contributed by atoms with Gasteiger partial charge in [-0.1, -0.05) is 11.8 Å². The Balaban J connectivity index is 2.32. The molecule has 0 spiro atoms. The SMILES string of the molecule is CCOc1nn(CC)cc1-c1nnc(SC(C)C(=O)OC)n1C. The van der Waals surface area contributed by atoms with Crippen LogP contribution in [0.15, 0.2) is 11.4 Å². The number of aromatic nitrogens is 5. The van der Waals surface area contributed by atoms with Crippen molar-refractivity contribution in [2.75, 3.05) is 13.7 Å². The van der Waals surface area contributed by atoms with Crippen LogP contribution >= 0.6 is 11.8 Å². The molecule has 0 aromatic carbocycles. The lowest BCUT2D eigenvalue weighted by molar-refractivity contribution is -0.139. The van der Waals surface area contributed by atoms with Crippen molar-refractivity contribution in [2.45, 2.75) is 37.7 Å². The minimum Gasteiger partial charge on any atom is -0.476 e. The van der Waals surface area contributed by atoms with Gasteiger partial charge >= 0.3 is 5.97 Å². The summed E-state index contributed by atoms with van der Waals surface area (Å²) in [4.78, 5) is 11.6. The molecule has 2 aromatic rings. The molecule has 0 aliphatic heterocycles. The van der Waals surface area contributed by atoms with Gasteiger partial charge in [0.2, 0.25) is 5.88 Å². The molecule has 0 N–H and O–H groups in total. The molecule has 2 aromatic heterocycles. The second-order valence-corrected chi connectivity index (χ2v) is 6.09. The number of carbonyl (C=O) groups excluding carboxylic acids is 1. The number of esters is 1. The van der Waals surface area contributed by atoms with E-state index in [1.165, 1.54) is 18.9 Å². The normalized spacial score (nSPS) is 12.2. The molecule has 0 aliphatic rings. The van der Waals surface area contributed by atoms with Crippen LogP contribution in [-0.2, 0) is 23.1 Å². The summed E-state index contributed by atoms with van der Waals surface area (Å²) in [5.41, 5.74) is 0.779. The Morgan fingerprint density at radius 2 is 2.13 bits per heavy atom. The van der Waals surface area contributed by atoms with E-state index in [4.69, 9.17) is 9.47 Å². The molecule has 1 unspecified atom stereocenters. The molecule has 1 atom stereocenters. The van der Waals surface area contributed by atoms with Crippen molar-refractivity contribution in [3.63, 3.8) is 0 Å². The second-order valence-electron chi connectivity index (χ2n) is 4.79. The van der Waals surface area contributed by atoms with Crippen molar-refractivity contribution in [3.05, 3.63) is 6.20 Å². The Bertz CT molecular complexity index is 682. The molecule has 2 heterocycles. The summed E-state index contributed by atoms with van der Waals surface area (Å²) in [5.74, 6) is 0.878. The van der Waals surface area contributed by atoms with Crippen LogP contribution in [0.1, 0.15) is 20.8 Å². The molecule has 8 nitrogen and oxygen atoms in total. The van der Waals surface area contributed by atoms with Gasteiger partial charge in [-0.25, -0.2) is 0 Å². The highest BCUT2D eigenvalue weighted by Gasteiger charge is 2.22. The van der Waals surface area contributed by atoms with Crippen LogP contribution in [0.5, 0.6) is 5.88 Å². The van der Waals surface area contributed by atoms with E-state index in [0.717, 1.165) is 12.1 Å². The third-order valence-corrected chi connectivity index (χ3v) is 4.34. The molecular weight excluding hydrogens is 318 g/mol. The average molecular weight is 339 g/mol. The van der Waals surface area contributed by atoms with E-state index in [1.807, 2.05) is 31.7 Å². The average Bonchev–Trinajstić information content (AvgIpc) is 3.11. The van der Waals surface area contributed by atoms with E-state index in [-0.39, 0.29) is 11.2 Å². The highest BCUT2D eigenvalue weighted by molar-refractivity contribution is 8.00. The second kappa shape index (κ2) is 7.49. The van der Waals surface area contributed by atoms with Gasteiger partial charge in [0.1, 0.15) is 10.8 Å². The Kier molecular flexibility index (Phi) is 5.64. The number of ether oxygens (including phenoxy) is 2. The number of aryl methyl sites for hydroxylation is 1. The van der Waals surface area contributed by atoms with Crippen LogP contribution in [0.3, 0.4) is 0 Å². The summed E-state index contributed by atoms with van der Waals surface area (Å²) in [5, 5.41) is 13.0. The maximum atomic E-state index is 11.6. The predicted octanol–water partition coefficient (Wildman–Crippen LogP) is 1.75. The van der Waals surface area contributed by atoms with Crippen LogP contribution in [0.4, 0.5) is 0 Å².